The van der Waals surface area contributed by atoms with Crippen molar-refractivity contribution in [2.45, 2.75) is 26.8 Å². The van der Waals surface area contributed by atoms with E-state index in [1.807, 2.05) is 24.4 Å². The Hall–Kier alpha value is -1.85. The molecule has 0 saturated carbocycles. The van der Waals surface area contributed by atoms with Crippen LogP contribution in [0.5, 0.6) is 5.75 Å². The summed E-state index contributed by atoms with van der Waals surface area (Å²) in [6.45, 7) is 10.2. The molecule has 1 atom stereocenters. The highest BCUT2D eigenvalue weighted by Gasteiger charge is 2.30. The molecule has 0 amide bonds. The van der Waals surface area contributed by atoms with Gasteiger partial charge in [0.05, 0.1) is 38.3 Å². The lowest BCUT2D eigenvalue weighted by molar-refractivity contribution is -0.0246. The van der Waals surface area contributed by atoms with Crippen LogP contribution in [0.25, 0.3) is 11.3 Å². The Balaban J connectivity index is 1.82. The maximum absolute atomic E-state index is 5.71. The van der Waals surface area contributed by atoms with Crippen LogP contribution in [0, 0.1) is 5.41 Å². The van der Waals surface area contributed by atoms with Crippen LogP contribution in [-0.2, 0) is 4.74 Å². The Morgan fingerprint density at radius 1 is 1.38 bits per heavy atom. The monoisotopic (exact) mass is 329 g/mol. The number of hydrogen-bond donors (Lipinski definition) is 1. The van der Waals surface area contributed by atoms with Gasteiger partial charge in [-0.05, 0) is 17.5 Å². The zero-order valence-corrected chi connectivity index (χ0v) is 15.0. The van der Waals surface area contributed by atoms with Crippen molar-refractivity contribution < 1.29 is 9.47 Å². The number of aromatic nitrogens is 2. The van der Waals surface area contributed by atoms with E-state index in [1.165, 1.54) is 0 Å². The van der Waals surface area contributed by atoms with E-state index in [1.54, 1.807) is 7.11 Å². The maximum atomic E-state index is 5.71. The lowest BCUT2D eigenvalue weighted by Gasteiger charge is -2.38. The average Bonchev–Trinajstić information content (AvgIpc) is 3.04. The van der Waals surface area contributed by atoms with Crippen LogP contribution < -0.4 is 4.74 Å². The van der Waals surface area contributed by atoms with Crippen molar-refractivity contribution in [1.82, 2.24) is 14.9 Å². The Kier molecular flexibility index (Phi) is 4.92. The topological polar surface area (TPSA) is 50.4 Å². The normalized spacial score (nSPS) is 19.4. The third-order valence-electron chi connectivity index (χ3n) is 4.21. The second kappa shape index (κ2) is 6.95. The number of ether oxygens (including phenoxy) is 2. The van der Waals surface area contributed by atoms with Crippen molar-refractivity contribution in [2.75, 3.05) is 33.4 Å². The van der Waals surface area contributed by atoms with Crippen molar-refractivity contribution in [3.63, 3.8) is 0 Å². The average molecular weight is 329 g/mol. The van der Waals surface area contributed by atoms with Crippen LogP contribution in [0.3, 0.4) is 0 Å². The fourth-order valence-corrected chi connectivity index (χ4v) is 3.13. The Labute approximate surface area is 144 Å². The summed E-state index contributed by atoms with van der Waals surface area (Å²) in [5.74, 6) is 1.82. The van der Waals surface area contributed by atoms with E-state index in [0.29, 0.717) is 6.61 Å². The van der Waals surface area contributed by atoms with Crippen LogP contribution >= 0.6 is 0 Å². The molecule has 0 radical (unpaired) electrons. The Morgan fingerprint density at radius 3 is 2.96 bits per heavy atom. The minimum atomic E-state index is 0.178. The van der Waals surface area contributed by atoms with Gasteiger partial charge >= 0.3 is 0 Å². The molecule has 2 heterocycles. The third-order valence-corrected chi connectivity index (χ3v) is 4.21. The van der Waals surface area contributed by atoms with Crippen LogP contribution in [0.15, 0.2) is 30.5 Å². The summed E-state index contributed by atoms with van der Waals surface area (Å²) in [5.41, 5.74) is 2.33. The third kappa shape index (κ3) is 3.97. The quantitative estimate of drug-likeness (QED) is 0.933. The molecular formula is C19H27N3O2. The van der Waals surface area contributed by atoms with Gasteiger partial charge in [0.2, 0.25) is 0 Å². The Bertz CT molecular complexity index is 675. The number of hydrogen-bond acceptors (Lipinski definition) is 4. The van der Waals surface area contributed by atoms with E-state index >= 15 is 0 Å². The molecule has 1 saturated heterocycles. The molecule has 5 nitrogen and oxygen atoms in total. The molecule has 0 bridgehead atoms. The molecule has 1 aliphatic rings. The van der Waals surface area contributed by atoms with Crippen molar-refractivity contribution in [2.24, 2.45) is 5.41 Å². The predicted octanol–water partition coefficient (Wildman–Crippen LogP) is 3.50. The van der Waals surface area contributed by atoms with Gasteiger partial charge < -0.3 is 14.5 Å². The molecule has 0 aliphatic carbocycles. The molecule has 24 heavy (non-hydrogen) atoms. The van der Waals surface area contributed by atoms with Crippen LogP contribution in [-0.4, -0.2) is 48.3 Å². The summed E-state index contributed by atoms with van der Waals surface area (Å²) < 4.78 is 11.0. The maximum Gasteiger partial charge on any atom is 0.126 e. The summed E-state index contributed by atoms with van der Waals surface area (Å²) in [6, 6.07) is 8.19. The second-order valence-corrected chi connectivity index (χ2v) is 7.54. The second-order valence-electron chi connectivity index (χ2n) is 7.54. The minimum absolute atomic E-state index is 0.178. The molecule has 1 unspecified atom stereocenters. The van der Waals surface area contributed by atoms with Crippen LogP contribution in [0.2, 0.25) is 0 Å². The van der Waals surface area contributed by atoms with E-state index in [4.69, 9.17) is 9.47 Å². The van der Waals surface area contributed by atoms with Crippen molar-refractivity contribution in [1.29, 1.82) is 0 Å². The number of methoxy groups -OCH3 is 1. The smallest absolute Gasteiger partial charge is 0.126 e. The number of aromatic amines is 1. The van der Waals surface area contributed by atoms with Crippen LogP contribution in [0.1, 0.15) is 32.6 Å². The van der Waals surface area contributed by atoms with Gasteiger partial charge in [0.15, 0.2) is 0 Å². The number of nitrogens with one attached hydrogen (secondary N) is 1. The van der Waals surface area contributed by atoms with Gasteiger partial charge in [-0.25, -0.2) is 4.98 Å². The van der Waals surface area contributed by atoms with E-state index in [2.05, 4.69) is 41.7 Å². The lowest BCUT2D eigenvalue weighted by Crippen LogP contribution is -2.44. The summed E-state index contributed by atoms with van der Waals surface area (Å²) in [7, 11) is 1.68. The van der Waals surface area contributed by atoms with E-state index in [0.717, 1.165) is 42.5 Å². The predicted molar refractivity (Wildman–Crippen MR) is 95.2 cm³/mol. The van der Waals surface area contributed by atoms with E-state index in [-0.39, 0.29) is 11.5 Å². The summed E-state index contributed by atoms with van der Waals surface area (Å²) in [5, 5.41) is 0. The number of morpholine rings is 1. The first-order valence-electron chi connectivity index (χ1n) is 8.47. The fraction of sp³-hybridized carbons (Fsp3) is 0.526. The van der Waals surface area contributed by atoms with Crippen molar-refractivity contribution in [3.05, 3.63) is 36.3 Å². The van der Waals surface area contributed by atoms with Gasteiger partial charge in [0, 0.05) is 18.7 Å². The lowest BCUT2D eigenvalue weighted by atomic mass is 9.95. The first kappa shape index (κ1) is 17.0. The molecule has 0 spiro atoms. The SMILES string of the molecule is COc1cccc(-c2cnc(C3COCCN3CC(C)(C)C)[nH]2)c1. The van der Waals surface area contributed by atoms with Gasteiger partial charge in [-0.3, -0.25) is 4.90 Å². The summed E-state index contributed by atoms with van der Waals surface area (Å²) >= 11 is 0. The Morgan fingerprint density at radius 2 is 2.21 bits per heavy atom. The van der Waals surface area contributed by atoms with Crippen LogP contribution in [0.4, 0.5) is 0 Å². The molecule has 1 aromatic heterocycles. The largest absolute Gasteiger partial charge is 0.497 e. The van der Waals surface area contributed by atoms with Gasteiger partial charge in [-0.2, -0.15) is 0 Å². The zero-order chi connectivity index (χ0) is 17.2. The molecule has 1 aliphatic heterocycles. The zero-order valence-electron chi connectivity index (χ0n) is 15.0. The first-order chi connectivity index (χ1) is 11.5. The number of nitrogens with zero attached hydrogens (tertiary/aromatic N) is 2. The number of benzene rings is 1. The summed E-state index contributed by atoms with van der Waals surface area (Å²) in [4.78, 5) is 10.6. The molecule has 130 valence electrons. The van der Waals surface area contributed by atoms with Gasteiger partial charge in [0.25, 0.3) is 0 Å². The molecule has 1 fully saturated rings. The molecular weight excluding hydrogens is 302 g/mol. The molecule has 2 aromatic rings. The first-order valence-corrected chi connectivity index (χ1v) is 8.47. The van der Waals surface area contributed by atoms with Gasteiger partial charge in [-0.15, -0.1) is 0 Å². The summed E-state index contributed by atoms with van der Waals surface area (Å²) in [6.07, 6.45) is 1.90. The van der Waals surface area contributed by atoms with Gasteiger partial charge in [-0.1, -0.05) is 32.9 Å². The number of rotatable bonds is 4. The molecule has 1 N–H and O–H groups in total. The number of imidazole rings is 1. The molecule has 1 aromatic carbocycles. The van der Waals surface area contributed by atoms with E-state index < -0.39 is 0 Å². The van der Waals surface area contributed by atoms with E-state index in [9.17, 15) is 0 Å². The highest BCUT2D eigenvalue weighted by Crippen LogP contribution is 2.29. The standard InChI is InChI=1S/C19H27N3O2/c1-19(2,3)13-22-8-9-24-12-17(22)18-20-11-16(21-18)14-6-5-7-15(10-14)23-4/h5-7,10-11,17H,8-9,12-13H2,1-4H3,(H,20,21). The van der Waals surface area contributed by atoms with Crippen molar-refractivity contribution in [3.8, 4) is 17.0 Å². The highest BCUT2D eigenvalue weighted by atomic mass is 16.5. The molecule has 3 rings (SSSR count). The number of H-pyrrole nitrogens is 1. The van der Waals surface area contributed by atoms with Crippen molar-refractivity contribution >= 4 is 0 Å². The fourth-order valence-electron chi connectivity index (χ4n) is 3.13. The minimum Gasteiger partial charge on any atom is -0.497 e. The molecule has 5 heteroatoms. The van der Waals surface area contributed by atoms with Gasteiger partial charge in [0.1, 0.15) is 11.6 Å². The highest BCUT2D eigenvalue weighted by molar-refractivity contribution is 5.60.